The molecule has 0 unspecified atom stereocenters. The van der Waals surface area contributed by atoms with Crippen molar-refractivity contribution in [1.29, 1.82) is 0 Å². The van der Waals surface area contributed by atoms with Gasteiger partial charge in [0.2, 0.25) is 0 Å². The molecule has 126 valence electrons. The van der Waals surface area contributed by atoms with Gasteiger partial charge in [-0.15, -0.1) is 0 Å². The van der Waals surface area contributed by atoms with E-state index < -0.39 is 29.5 Å². The summed E-state index contributed by atoms with van der Waals surface area (Å²) in [4.78, 5) is 25.7. The van der Waals surface area contributed by atoms with E-state index in [0.29, 0.717) is 5.56 Å². The van der Waals surface area contributed by atoms with Gasteiger partial charge in [-0.2, -0.15) is 0 Å². The van der Waals surface area contributed by atoms with Crippen molar-refractivity contribution < 1.29 is 23.8 Å². The lowest BCUT2D eigenvalue weighted by molar-refractivity contribution is -0.130. The molecular weight excluding hydrogens is 301 g/mol. The molecule has 2 rings (SSSR count). The highest BCUT2D eigenvalue weighted by atomic mass is 19.1. The van der Waals surface area contributed by atoms with Crippen LogP contribution >= 0.6 is 0 Å². The number of aliphatic hydroxyl groups is 1. The van der Waals surface area contributed by atoms with Crippen molar-refractivity contribution in [3.05, 3.63) is 35.6 Å². The second-order valence-electron chi connectivity index (χ2n) is 6.75. The quantitative estimate of drug-likeness (QED) is 0.909. The summed E-state index contributed by atoms with van der Waals surface area (Å²) in [7, 11) is 0. The average Bonchev–Trinajstić information content (AvgIpc) is 2.46. The third-order valence-corrected chi connectivity index (χ3v) is 3.70. The fourth-order valence-electron chi connectivity index (χ4n) is 2.52. The van der Waals surface area contributed by atoms with Gasteiger partial charge in [0.15, 0.2) is 0 Å². The van der Waals surface area contributed by atoms with Crippen LogP contribution in [0.2, 0.25) is 0 Å². The molecule has 1 aliphatic heterocycles. The average molecular weight is 323 g/mol. The van der Waals surface area contributed by atoms with Crippen molar-refractivity contribution in [2.45, 2.75) is 38.9 Å². The second kappa shape index (κ2) is 6.66. The summed E-state index contributed by atoms with van der Waals surface area (Å²) in [6.07, 6.45) is -1.41. The van der Waals surface area contributed by atoms with Gasteiger partial charge in [0.05, 0.1) is 12.0 Å². The van der Waals surface area contributed by atoms with E-state index in [2.05, 4.69) is 0 Å². The van der Waals surface area contributed by atoms with E-state index in [9.17, 15) is 19.1 Å². The van der Waals surface area contributed by atoms with Crippen molar-refractivity contribution in [2.75, 3.05) is 13.1 Å². The van der Waals surface area contributed by atoms with Crippen LogP contribution in [0.3, 0.4) is 0 Å². The number of hydrogen-bond donors (Lipinski definition) is 1. The molecule has 0 bridgehead atoms. The minimum Gasteiger partial charge on any atom is -0.444 e. The number of Topliss-reactive ketones (excluding diaryl/α,β-unsaturated/α-hetero) is 1. The van der Waals surface area contributed by atoms with Crippen LogP contribution in [-0.2, 0) is 9.53 Å². The van der Waals surface area contributed by atoms with Crippen LogP contribution in [0.1, 0.15) is 38.9 Å². The molecule has 5 nitrogen and oxygen atoms in total. The van der Waals surface area contributed by atoms with Crippen LogP contribution in [-0.4, -0.2) is 40.6 Å². The zero-order chi connectivity index (χ0) is 17.2. The predicted molar refractivity (Wildman–Crippen MR) is 82.3 cm³/mol. The molecule has 2 atom stereocenters. The van der Waals surface area contributed by atoms with Gasteiger partial charge in [0.25, 0.3) is 0 Å². The fraction of sp³-hybridized carbons (Fsp3) is 0.529. The zero-order valence-corrected chi connectivity index (χ0v) is 13.6. The molecule has 0 spiro atoms. The van der Waals surface area contributed by atoms with Crippen molar-refractivity contribution in [2.24, 2.45) is 5.92 Å². The number of likely N-dealkylation sites (tertiary alicyclic amines) is 1. The Hall–Kier alpha value is -1.95. The highest BCUT2D eigenvalue weighted by molar-refractivity contribution is 5.84. The number of ketones is 1. The van der Waals surface area contributed by atoms with Gasteiger partial charge in [-0.3, -0.25) is 4.79 Å². The Morgan fingerprint density at radius 1 is 1.35 bits per heavy atom. The Kier molecular flexibility index (Phi) is 5.04. The minimum atomic E-state index is -1.08. The molecule has 0 aromatic heterocycles. The Morgan fingerprint density at radius 3 is 2.52 bits per heavy atom. The van der Waals surface area contributed by atoms with E-state index in [0.717, 1.165) is 0 Å². The lowest BCUT2D eigenvalue weighted by Gasteiger charge is -2.35. The molecule has 0 radical (unpaired) electrons. The van der Waals surface area contributed by atoms with E-state index >= 15 is 0 Å². The molecule has 0 saturated carbocycles. The maximum Gasteiger partial charge on any atom is 0.410 e. The lowest BCUT2D eigenvalue weighted by atomic mass is 9.87. The van der Waals surface area contributed by atoms with Crippen molar-refractivity contribution in [1.82, 2.24) is 4.90 Å². The number of carbonyl (C=O) groups is 2. The van der Waals surface area contributed by atoms with Crippen LogP contribution < -0.4 is 0 Å². The molecule has 6 heteroatoms. The number of ether oxygens (including phenoxy) is 1. The van der Waals surface area contributed by atoms with E-state index in [4.69, 9.17) is 4.74 Å². The van der Waals surface area contributed by atoms with Gasteiger partial charge < -0.3 is 14.7 Å². The number of rotatable bonds is 2. The molecular formula is C17H22FNO4. The van der Waals surface area contributed by atoms with Crippen LogP contribution in [0.4, 0.5) is 9.18 Å². The van der Waals surface area contributed by atoms with Gasteiger partial charge in [-0.25, -0.2) is 9.18 Å². The number of amides is 1. The summed E-state index contributed by atoms with van der Waals surface area (Å²) in [5.74, 6) is -1.25. The lowest BCUT2D eigenvalue weighted by Crippen LogP contribution is -2.47. The van der Waals surface area contributed by atoms with Crippen molar-refractivity contribution in [3.63, 3.8) is 0 Å². The van der Waals surface area contributed by atoms with E-state index in [-0.39, 0.29) is 25.3 Å². The molecule has 0 aliphatic carbocycles. The molecule has 1 aromatic rings. The number of halogens is 1. The predicted octanol–water partition coefficient (Wildman–Crippen LogP) is 2.69. The summed E-state index contributed by atoms with van der Waals surface area (Å²) in [6, 6.07) is 5.36. The molecule has 1 aliphatic rings. The van der Waals surface area contributed by atoms with E-state index in [1.807, 2.05) is 0 Å². The molecule has 23 heavy (non-hydrogen) atoms. The Labute approximate surface area is 135 Å². The molecule has 1 amide bonds. The standard InChI is InChI=1S/C17H22FNO4/c1-17(2,3)23-16(22)19-9-8-14(20)13(10-19)15(21)11-4-6-12(18)7-5-11/h4-7,13,15,21H,8-10H2,1-3H3/t13-,15+/m0/s1. The number of piperidine rings is 1. The van der Waals surface area contributed by atoms with Gasteiger partial charge in [0.1, 0.15) is 17.2 Å². The first-order valence-corrected chi connectivity index (χ1v) is 7.61. The molecule has 1 saturated heterocycles. The van der Waals surface area contributed by atoms with E-state index in [1.165, 1.54) is 29.2 Å². The summed E-state index contributed by atoms with van der Waals surface area (Å²) >= 11 is 0. The van der Waals surface area contributed by atoms with Crippen LogP contribution in [0, 0.1) is 11.7 Å². The van der Waals surface area contributed by atoms with Crippen molar-refractivity contribution >= 4 is 11.9 Å². The number of carbonyl (C=O) groups excluding carboxylic acids is 2. The van der Waals surface area contributed by atoms with Gasteiger partial charge in [-0.05, 0) is 38.5 Å². The van der Waals surface area contributed by atoms with Crippen molar-refractivity contribution in [3.8, 4) is 0 Å². The molecule has 1 fully saturated rings. The Morgan fingerprint density at radius 2 is 1.96 bits per heavy atom. The Balaban J connectivity index is 2.10. The zero-order valence-electron chi connectivity index (χ0n) is 13.6. The largest absolute Gasteiger partial charge is 0.444 e. The smallest absolute Gasteiger partial charge is 0.410 e. The maximum atomic E-state index is 13.0. The monoisotopic (exact) mass is 323 g/mol. The number of hydrogen-bond acceptors (Lipinski definition) is 4. The molecule has 1 aromatic carbocycles. The number of aliphatic hydroxyl groups excluding tert-OH is 1. The summed E-state index contributed by atoms with van der Waals surface area (Å²) in [5.41, 5.74) is -0.167. The molecule has 1 heterocycles. The first-order chi connectivity index (χ1) is 10.7. The highest BCUT2D eigenvalue weighted by Gasteiger charge is 2.36. The molecule has 1 N–H and O–H groups in total. The summed E-state index contributed by atoms with van der Waals surface area (Å²) in [5, 5.41) is 10.4. The third-order valence-electron chi connectivity index (χ3n) is 3.70. The normalized spacial score (nSPS) is 20.3. The van der Waals surface area contributed by atoms with Crippen LogP contribution in [0.25, 0.3) is 0 Å². The number of benzene rings is 1. The minimum absolute atomic E-state index is 0.0896. The first-order valence-electron chi connectivity index (χ1n) is 7.61. The highest BCUT2D eigenvalue weighted by Crippen LogP contribution is 2.28. The Bertz CT molecular complexity index is 579. The van der Waals surface area contributed by atoms with Gasteiger partial charge in [-0.1, -0.05) is 12.1 Å². The fourth-order valence-corrected chi connectivity index (χ4v) is 2.52. The number of nitrogens with zero attached hydrogens (tertiary/aromatic N) is 1. The summed E-state index contributed by atoms with van der Waals surface area (Å²) < 4.78 is 18.3. The summed E-state index contributed by atoms with van der Waals surface area (Å²) in [6.45, 7) is 5.67. The van der Waals surface area contributed by atoms with Crippen LogP contribution in [0.15, 0.2) is 24.3 Å². The van der Waals surface area contributed by atoms with Gasteiger partial charge in [0, 0.05) is 19.5 Å². The van der Waals surface area contributed by atoms with Crippen LogP contribution in [0.5, 0.6) is 0 Å². The SMILES string of the molecule is CC(C)(C)OC(=O)N1CCC(=O)[C@@H]([C@H](O)c2ccc(F)cc2)C1. The second-order valence-corrected chi connectivity index (χ2v) is 6.75. The van der Waals surface area contributed by atoms with Gasteiger partial charge >= 0.3 is 6.09 Å². The maximum absolute atomic E-state index is 13.0. The first kappa shape index (κ1) is 17.4. The topological polar surface area (TPSA) is 66.8 Å². The van der Waals surface area contributed by atoms with E-state index in [1.54, 1.807) is 20.8 Å². The third kappa shape index (κ3) is 4.51.